The first-order valence-corrected chi connectivity index (χ1v) is 14.5. The maximum atomic E-state index is 12.0. The van der Waals surface area contributed by atoms with Crippen molar-refractivity contribution in [3.05, 3.63) is 74.7 Å². The van der Waals surface area contributed by atoms with Gasteiger partial charge in [0.1, 0.15) is 0 Å². The predicted octanol–water partition coefficient (Wildman–Crippen LogP) is 4.06. The number of carbonyl (C=O) groups is 2. The van der Waals surface area contributed by atoms with E-state index in [0.717, 1.165) is 52.3 Å². The summed E-state index contributed by atoms with van der Waals surface area (Å²) in [6.45, 7) is 12.2. The standard InChI is InChI=1S/C21H24N2O2.C13H19ClN2/c1-14-13-18(11-12-19(14)20(15(2)24)22(3)4)16-7-9-17(10-8-16)21(25)23(5)6;1-4-6-11-13-10(14)7-5-8-12(13)16(15-11)9(2)3/h7-13H,1H2,2-6H3;8-9H,4-7H2,1-3H3/b20-19-;. The Morgan fingerprint density at radius 1 is 1.02 bits per heavy atom. The van der Waals surface area contributed by atoms with Gasteiger partial charge < -0.3 is 9.80 Å². The van der Waals surface area contributed by atoms with Crippen LogP contribution in [0.15, 0.2) is 42.5 Å². The third-order valence-electron chi connectivity index (χ3n) is 6.98. The molecule has 0 radical (unpaired) electrons. The molecule has 0 bridgehead atoms. The fourth-order valence-electron chi connectivity index (χ4n) is 5.07. The summed E-state index contributed by atoms with van der Waals surface area (Å²) in [4.78, 5) is 27.2. The van der Waals surface area contributed by atoms with Crippen LogP contribution >= 0.6 is 11.6 Å². The zero-order chi connectivity index (χ0) is 30.4. The molecule has 1 aliphatic carbocycles. The van der Waals surface area contributed by atoms with Gasteiger partial charge in [-0.2, -0.15) is 5.10 Å². The van der Waals surface area contributed by atoms with Crippen LogP contribution in [0, 0.1) is 0 Å². The Bertz CT molecular complexity index is 1650. The molecule has 1 aliphatic rings. The van der Waals surface area contributed by atoms with E-state index in [-0.39, 0.29) is 11.7 Å². The van der Waals surface area contributed by atoms with E-state index < -0.39 is 0 Å². The quantitative estimate of drug-likeness (QED) is 0.427. The van der Waals surface area contributed by atoms with Crippen LogP contribution in [0.5, 0.6) is 0 Å². The van der Waals surface area contributed by atoms with Gasteiger partial charge >= 0.3 is 0 Å². The van der Waals surface area contributed by atoms with Crippen LogP contribution in [0.4, 0.5) is 0 Å². The number of Topliss-reactive ketones (excluding diaryl/α,β-unsaturated/α-hetero) is 1. The summed E-state index contributed by atoms with van der Waals surface area (Å²) in [5, 5.41) is 9.78. The van der Waals surface area contributed by atoms with Crippen molar-refractivity contribution in [3.8, 4) is 11.1 Å². The van der Waals surface area contributed by atoms with Crippen LogP contribution in [0.3, 0.4) is 0 Å². The third-order valence-corrected chi connectivity index (χ3v) is 7.36. The van der Waals surface area contributed by atoms with Gasteiger partial charge in [0.05, 0.1) is 16.7 Å². The van der Waals surface area contributed by atoms with Gasteiger partial charge in [-0.05, 0) is 67.7 Å². The normalized spacial score (nSPS) is 13.1. The minimum absolute atomic E-state index is 0.00852. The molecule has 0 fully saturated rings. The van der Waals surface area contributed by atoms with E-state index >= 15 is 0 Å². The molecule has 0 N–H and O–H groups in total. The Balaban J connectivity index is 0.000000248. The molecule has 0 unspecified atom stereocenters. The second-order valence-electron chi connectivity index (χ2n) is 11.1. The highest BCUT2D eigenvalue weighted by Gasteiger charge is 2.14. The van der Waals surface area contributed by atoms with Crippen molar-refractivity contribution in [2.75, 3.05) is 28.2 Å². The van der Waals surface area contributed by atoms with Crippen LogP contribution in [-0.2, 0) is 11.2 Å². The van der Waals surface area contributed by atoms with Crippen molar-refractivity contribution < 1.29 is 9.59 Å². The lowest BCUT2D eigenvalue weighted by Crippen LogP contribution is -2.34. The number of hydrogen-bond donors (Lipinski definition) is 0. The lowest BCUT2D eigenvalue weighted by Gasteiger charge is -2.15. The monoisotopic (exact) mass is 574 g/mol. The molecule has 6 nitrogen and oxygen atoms in total. The van der Waals surface area contributed by atoms with Gasteiger partial charge in [-0.3, -0.25) is 14.3 Å². The Morgan fingerprint density at radius 2 is 1.66 bits per heavy atom. The molecule has 7 heteroatoms. The maximum absolute atomic E-state index is 12.0. The van der Waals surface area contributed by atoms with Crippen LogP contribution in [0.1, 0.15) is 69.1 Å². The number of ketones is 1. The molecule has 0 atom stereocenters. The van der Waals surface area contributed by atoms with E-state index in [1.807, 2.05) is 61.5 Å². The number of likely N-dealkylation sites (N-methyl/N-ethyl adjacent to an activating group) is 1. The molecule has 1 heterocycles. The van der Waals surface area contributed by atoms with Gasteiger partial charge in [0, 0.05) is 62.2 Å². The lowest BCUT2D eigenvalue weighted by atomic mass is 10.0. The average Bonchev–Trinajstić information content (AvgIpc) is 3.29. The van der Waals surface area contributed by atoms with Gasteiger partial charge in [0.15, 0.2) is 5.78 Å². The predicted molar refractivity (Wildman–Crippen MR) is 171 cm³/mol. The van der Waals surface area contributed by atoms with Crippen molar-refractivity contribution in [2.24, 2.45) is 0 Å². The number of fused-ring (bicyclic) bond motifs is 1. The molecule has 0 saturated carbocycles. The first-order valence-electron chi connectivity index (χ1n) is 14.2. The molecule has 0 saturated heterocycles. The first kappa shape index (κ1) is 31.9. The summed E-state index contributed by atoms with van der Waals surface area (Å²) in [7, 11) is 7.17. The summed E-state index contributed by atoms with van der Waals surface area (Å²) >= 11 is 6.35. The van der Waals surface area contributed by atoms with Gasteiger partial charge in [-0.25, -0.2) is 0 Å². The van der Waals surface area contributed by atoms with Crippen LogP contribution < -0.4 is 21.0 Å². The summed E-state index contributed by atoms with van der Waals surface area (Å²) in [6.07, 6.45) is 6.41. The summed E-state index contributed by atoms with van der Waals surface area (Å²) in [5.41, 5.74) is 4.47. The van der Waals surface area contributed by atoms with E-state index in [0.29, 0.717) is 17.3 Å². The Morgan fingerprint density at radius 3 is 2.17 bits per heavy atom. The van der Waals surface area contributed by atoms with E-state index in [1.54, 1.807) is 25.9 Å². The molecule has 4 rings (SSSR count). The highest BCUT2D eigenvalue weighted by molar-refractivity contribution is 6.45. The molecule has 0 aliphatic heterocycles. The Labute approximate surface area is 248 Å². The van der Waals surface area contributed by atoms with Crippen molar-refractivity contribution in [1.29, 1.82) is 0 Å². The molecule has 3 aromatic rings. The lowest BCUT2D eigenvalue weighted by molar-refractivity contribution is -0.112. The number of amides is 1. The largest absolute Gasteiger partial charge is 0.374 e. The number of benzene rings is 2. The minimum atomic E-state index is -0.0218. The highest BCUT2D eigenvalue weighted by atomic mass is 35.5. The number of nitrogens with zero attached hydrogens (tertiary/aromatic N) is 4. The molecule has 218 valence electrons. The van der Waals surface area contributed by atoms with Crippen molar-refractivity contribution in [1.82, 2.24) is 19.6 Å². The number of rotatable bonds is 7. The molecule has 1 amide bonds. The summed E-state index contributed by atoms with van der Waals surface area (Å²) in [5.74, 6) is -0.0133. The fourth-order valence-corrected chi connectivity index (χ4v) is 5.38. The zero-order valence-corrected chi connectivity index (χ0v) is 26.5. The topological polar surface area (TPSA) is 58.4 Å². The molecular formula is C34H43ClN4O2. The van der Waals surface area contributed by atoms with E-state index in [1.165, 1.54) is 16.3 Å². The van der Waals surface area contributed by atoms with Crippen LogP contribution in [0.2, 0.25) is 0 Å². The minimum Gasteiger partial charge on any atom is -0.374 e. The maximum Gasteiger partial charge on any atom is 0.253 e. The number of aromatic nitrogens is 2. The highest BCUT2D eigenvalue weighted by Crippen LogP contribution is 2.18. The van der Waals surface area contributed by atoms with Crippen LogP contribution in [-0.4, -0.2) is 59.5 Å². The van der Waals surface area contributed by atoms with E-state index in [4.69, 9.17) is 16.7 Å². The summed E-state index contributed by atoms with van der Waals surface area (Å²) < 4.78 is 2.11. The Kier molecular flexibility index (Phi) is 10.7. The fraction of sp³-hybridized carbons (Fsp3) is 0.382. The van der Waals surface area contributed by atoms with E-state index in [2.05, 4.69) is 38.1 Å². The number of halogens is 1. The SMILES string of the molecule is C=c1cc(-c2ccc(C(=O)N(C)C)cc2)cc/c1=C(\C(C)=O)N(C)C.CCCc1nn(C(C)C)c2c1=C(Cl)CCC=2. The molecule has 2 aromatic carbocycles. The smallest absolute Gasteiger partial charge is 0.253 e. The van der Waals surface area contributed by atoms with Gasteiger partial charge in [-0.15, -0.1) is 0 Å². The second kappa shape index (κ2) is 13.8. The third kappa shape index (κ3) is 7.36. The first-order chi connectivity index (χ1) is 19.4. The average molecular weight is 575 g/mol. The molecule has 41 heavy (non-hydrogen) atoms. The number of carbonyl (C=O) groups excluding carboxylic acids is 2. The molecule has 0 spiro atoms. The van der Waals surface area contributed by atoms with E-state index in [9.17, 15) is 9.59 Å². The number of aryl methyl sites for hydroxylation is 1. The van der Waals surface area contributed by atoms with Crippen molar-refractivity contribution in [2.45, 2.75) is 59.4 Å². The summed E-state index contributed by atoms with van der Waals surface area (Å²) in [6, 6.07) is 13.7. The van der Waals surface area contributed by atoms with Crippen molar-refractivity contribution >= 4 is 46.7 Å². The zero-order valence-electron chi connectivity index (χ0n) is 25.7. The van der Waals surface area contributed by atoms with Gasteiger partial charge in [0.25, 0.3) is 5.91 Å². The van der Waals surface area contributed by atoms with Crippen molar-refractivity contribution in [3.63, 3.8) is 0 Å². The van der Waals surface area contributed by atoms with Crippen LogP contribution in [0.25, 0.3) is 34.5 Å². The Hall–Kier alpha value is -3.64. The molecule has 1 aromatic heterocycles. The number of hydrogen-bond acceptors (Lipinski definition) is 4. The van der Waals surface area contributed by atoms with Gasteiger partial charge in [0.2, 0.25) is 0 Å². The molecular weight excluding hydrogens is 532 g/mol. The second-order valence-corrected chi connectivity index (χ2v) is 11.5. The van der Waals surface area contributed by atoms with Gasteiger partial charge in [-0.1, -0.05) is 61.9 Å².